The monoisotopic (exact) mass is 246 g/mol. The summed E-state index contributed by atoms with van der Waals surface area (Å²) in [6, 6.07) is 1.53. The van der Waals surface area contributed by atoms with Crippen LogP contribution in [0.1, 0.15) is 19.4 Å². The predicted octanol–water partition coefficient (Wildman–Crippen LogP) is 2.48. The number of fused-ring (bicyclic) bond motifs is 1. The van der Waals surface area contributed by atoms with E-state index in [2.05, 4.69) is 0 Å². The molecule has 1 aliphatic heterocycles. The van der Waals surface area contributed by atoms with Crippen LogP contribution in [0.5, 0.6) is 11.5 Å². The number of hydrogen-bond donors (Lipinski definition) is 1. The molecule has 1 aliphatic rings. The third-order valence-electron chi connectivity index (χ3n) is 2.67. The molecule has 1 N–H and O–H groups in total. The Balaban J connectivity index is 2.60. The fourth-order valence-electron chi connectivity index (χ4n) is 1.56. The number of aliphatic hydroxyl groups excluding tert-OH is 1. The lowest BCUT2D eigenvalue weighted by Gasteiger charge is -2.23. The largest absolute Gasteiger partial charge is 0.454 e. The molecule has 0 atom stereocenters. The Bertz CT molecular complexity index is 432. The van der Waals surface area contributed by atoms with Gasteiger partial charge in [0.15, 0.2) is 11.5 Å². The van der Waals surface area contributed by atoms with Crippen LogP contribution in [0.3, 0.4) is 0 Å². The highest BCUT2D eigenvalue weighted by Crippen LogP contribution is 2.44. The van der Waals surface area contributed by atoms with E-state index in [1.807, 2.05) is 0 Å². The Morgan fingerprint density at radius 2 is 2.19 bits per heavy atom. The van der Waals surface area contributed by atoms with Crippen molar-refractivity contribution in [2.75, 3.05) is 13.4 Å². The number of aliphatic hydroxyl groups is 1. The first-order chi connectivity index (χ1) is 7.47. The van der Waals surface area contributed by atoms with Gasteiger partial charge in [0.25, 0.3) is 0 Å². The van der Waals surface area contributed by atoms with Gasteiger partial charge in [0, 0.05) is 11.0 Å². The van der Waals surface area contributed by atoms with Crippen molar-refractivity contribution in [2.45, 2.75) is 19.3 Å². The lowest BCUT2D eigenvalue weighted by molar-refractivity contribution is 0.173. The SMILES string of the molecule is CC(C)(CO)c1cc2c(c(Cl)c1F)OCO2. The van der Waals surface area contributed by atoms with Crippen LogP contribution in [-0.4, -0.2) is 18.5 Å². The summed E-state index contributed by atoms with van der Waals surface area (Å²) in [7, 11) is 0. The molecule has 1 aromatic carbocycles. The van der Waals surface area contributed by atoms with Gasteiger partial charge in [-0.25, -0.2) is 4.39 Å². The van der Waals surface area contributed by atoms with Crippen LogP contribution in [0.2, 0.25) is 5.02 Å². The molecule has 5 heteroatoms. The minimum absolute atomic E-state index is 0.0392. The van der Waals surface area contributed by atoms with Gasteiger partial charge in [-0.15, -0.1) is 0 Å². The number of ether oxygens (including phenoxy) is 2. The predicted molar refractivity (Wildman–Crippen MR) is 57.6 cm³/mol. The highest BCUT2D eigenvalue weighted by atomic mass is 35.5. The molecule has 16 heavy (non-hydrogen) atoms. The Kier molecular flexibility index (Phi) is 2.72. The highest BCUT2D eigenvalue weighted by Gasteiger charge is 2.30. The summed E-state index contributed by atoms with van der Waals surface area (Å²) in [5.74, 6) is 0.0875. The van der Waals surface area contributed by atoms with Gasteiger partial charge in [0.1, 0.15) is 10.8 Å². The summed E-state index contributed by atoms with van der Waals surface area (Å²) in [5, 5.41) is 9.14. The molecule has 0 radical (unpaired) electrons. The Labute approximate surface area is 97.7 Å². The van der Waals surface area contributed by atoms with Crippen molar-refractivity contribution >= 4 is 11.6 Å². The van der Waals surface area contributed by atoms with Crippen LogP contribution in [-0.2, 0) is 5.41 Å². The summed E-state index contributed by atoms with van der Waals surface area (Å²) < 4.78 is 24.2. The van der Waals surface area contributed by atoms with Gasteiger partial charge in [-0.2, -0.15) is 0 Å². The van der Waals surface area contributed by atoms with Gasteiger partial charge >= 0.3 is 0 Å². The Morgan fingerprint density at radius 3 is 2.81 bits per heavy atom. The molecule has 1 aromatic rings. The lowest BCUT2D eigenvalue weighted by atomic mass is 9.85. The van der Waals surface area contributed by atoms with Gasteiger partial charge in [-0.1, -0.05) is 25.4 Å². The zero-order valence-corrected chi connectivity index (χ0v) is 9.77. The molecular formula is C11H12ClFO3. The van der Waals surface area contributed by atoms with Gasteiger partial charge in [-0.05, 0) is 6.07 Å². The van der Waals surface area contributed by atoms with Crippen molar-refractivity contribution in [3.05, 3.63) is 22.5 Å². The zero-order valence-electron chi connectivity index (χ0n) is 9.01. The molecule has 0 bridgehead atoms. The standard InChI is InChI=1S/C11H12ClFO3/c1-11(2,4-14)6-3-7-10(16-5-15-7)8(12)9(6)13/h3,14H,4-5H2,1-2H3. The molecular weight excluding hydrogens is 235 g/mol. The van der Waals surface area contributed by atoms with E-state index >= 15 is 0 Å². The smallest absolute Gasteiger partial charge is 0.231 e. The fourth-order valence-corrected chi connectivity index (χ4v) is 1.81. The average Bonchev–Trinajstić information content (AvgIpc) is 2.71. The summed E-state index contributed by atoms with van der Waals surface area (Å²) in [6.45, 7) is 3.31. The van der Waals surface area contributed by atoms with Gasteiger partial charge < -0.3 is 14.6 Å². The van der Waals surface area contributed by atoms with Crippen molar-refractivity contribution in [3.63, 3.8) is 0 Å². The second kappa shape index (κ2) is 3.79. The number of rotatable bonds is 2. The third kappa shape index (κ3) is 1.62. The van der Waals surface area contributed by atoms with Crippen LogP contribution in [0.4, 0.5) is 4.39 Å². The van der Waals surface area contributed by atoms with Crippen molar-refractivity contribution in [3.8, 4) is 11.5 Å². The molecule has 3 nitrogen and oxygen atoms in total. The number of halogens is 2. The first-order valence-electron chi connectivity index (χ1n) is 4.86. The van der Waals surface area contributed by atoms with Crippen molar-refractivity contribution < 1.29 is 19.0 Å². The van der Waals surface area contributed by atoms with Gasteiger partial charge in [0.2, 0.25) is 6.79 Å². The summed E-state index contributed by atoms with van der Waals surface area (Å²) >= 11 is 5.85. The number of benzene rings is 1. The molecule has 2 rings (SSSR count). The molecule has 0 spiro atoms. The second-order valence-corrected chi connectivity index (χ2v) is 4.71. The first-order valence-corrected chi connectivity index (χ1v) is 5.24. The Morgan fingerprint density at radius 1 is 1.50 bits per heavy atom. The van der Waals surface area contributed by atoms with E-state index in [-0.39, 0.29) is 24.2 Å². The normalized spacial score (nSPS) is 14.3. The van der Waals surface area contributed by atoms with E-state index in [1.165, 1.54) is 6.07 Å². The molecule has 0 saturated heterocycles. The topological polar surface area (TPSA) is 38.7 Å². The highest BCUT2D eigenvalue weighted by molar-refractivity contribution is 6.32. The summed E-state index contributed by atoms with van der Waals surface area (Å²) in [5.41, 5.74) is -0.390. The third-order valence-corrected chi connectivity index (χ3v) is 3.01. The minimum Gasteiger partial charge on any atom is -0.454 e. The molecule has 0 fully saturated rings. The zero-order chi connectivity index (χ0) is 11.9. The van der Waals surface area contributed by atoms with Gasteiger partial charge in [0.05, 0.1) is 6.61 Å². The van der Waals surface area contributed by atoms with Crippen LogP contribution >= 0.6 is 11.6 Å². The fraction of sp³-hybridized carbons (Fsp3) is 0.455. The molecule has 0 aromatic heterocycles. The Hall–Kier alpha value is -1.00. The molecule has 0 amide bonds. The first kappa shape index (κ1) is 11.5. The minimum atomic E-state index is -0.714. The van der Waals surface area contributed by atoms with Crippen molar-refractivity contribution in [1.82, 2.24) is 0 Å². The average molecular weight is 247 g/mol. The second-order valence-electron chi connectivity index (χ2n) is 4.33. The van der Waals surface area contributed by atoms with Crippen LogP contribution in [0, 0.1) is 5.82 Å². The van der Waals surface area contributed by atoms with E-state index in [1.54, 1.807) is 13.8 Å². The lowest BCUT2D eigenvalue weighted by Crippen LogP contribution is -2.23. The molecule has 88 valence electrons. The molecule has 0 aliphatic carbocycles. The summed E-state index contributed by atoms with van der Waals surface area (Å²) in [6.07, 6.45) is 0. The van der Waals surface area contributed by atoms with Crippen molar-refractivity contribution in [2.24, 2.45) is 0 Å². The number of hydrogen-bond acceptors (Lipinski definition) is 3. The van der Waals surface area contributed by atoms with Crippen LogP contribution in [0.25, 0.3) is 0 Å². The molecule has 1 heterocycles. The van der Waals surface area contributed by atoms with E-state index in [9.17, 15) is 9.50 Å². The quantitative estimate of drug-likeness (QED) is 0.871. The van der Waals surface area contributed by atoms with Crippen molar-refractivity contribution in [1.29, 1.82) is 0 Å². The maximum absolute atomic E-state index is 14.0. The van der Waals surface area contributed by atoms with E-state index in [0.717, 1.165) is 0 Å². The molecule has 0 saturated carbocycles. The van der Waals surface area contributed by atoms with Crippen LogP contribution in [0.15, 0.2) is 6.07 Å². The van der Waals surface area contributed by atoms with E-state index < -0.39 is 11.2 Å². The van der Waals surface area contributed by atoms with Crippen LogP contribution < -0.4 is 9.47 Å². The maximum atomic E-state index is 14.0. The summed E-state index contributed by atoms with van der Waals surface area (Å²) in [4.78, 5) is 0. The van der Waals surface area contributed by atoms with E-state index in [4.69, 9.17) is 21.1 Å². The maximum Gasteiger partial charge on any atom is 0.231 e. The van der Waals surface area contributed by atoms with E-state index in [0.29, 0.717) is 11.3 Å². The van der Waals surface area contributed by atoms with Gasteiger partial charge in [-0.3, -0.25) is 0 Å². The molecule has 0 unspecified atom stereocenters.